The zero-order valence-corrected chi connectivity index (χ0v) is 20.2. The summed E-state index contributed by atoms with van der Waals surface area (Å²) in [4.78, 5) is 31.8. The minimum atomic E-state index is -0.389. The van der Waals surface area contributed by atoms with E-state index in [9.17, 15) is 9.59 Å². The van der Waals surface area contributed by atoms with E-state index < -0.39 is 0 Å². The highest BCUT2D eigenvalue weighted by Gasteiger charge is 2.43. The number of rotatable bonds is 10. The molecular weight excluding hydrogens is 430 g/mol. The number of nitrogens with zero attached hydrogens (tertiary/aromatic N) is 3. The number of anilines is 2. The number of ether oxygens (including phenoxy) is 2. The molecule has 2 amide bonds. The Labute approximate surface area is 202 Å². The summed E-state index contributed by atoms with van der Waals surface area (Å²) in [7, 11) is 1.66. The maximum Gasteiger partial charge on any atom is 0.251 e. The molecule has 7 nitrogen and oxygen atoms in total. The molecule has 0 radical (unpaired) electrons. The van der Waals surface area contributed by atoms with Gasteiger partial charge >= 0.3 is 0 Å². The van der Waals surface area contributed by atoms with Crippen molar-refractivity contribution in [1.29, 1.82) is 0 Å². The minimum Gasteiger partial charge on any atom is -0.497 e. The third kappa shape index (κ3) is 5.53. The van der Waals surface area contributed by atoms with E-state index in [-0.39, 0.29) is 24.3 Å². The molecule has 0 aliphatic carbocycles. The van der Waals surface area contributed by atoms with Crippen LogP contribution in [0.4, 0.5) is 11.4 Å². The Hall–Kier alpha value is -3.06. The van der Waals surface area contributed by atoms with Crippen LogP contribution in [0.2, 0.25) is 0 Å². The summed E-state index contributed by atoms with van der Waals surface area (Å²) in [5.74, 6) is 1.34. The Morgan fingerprint density at radius 2 is 1.47 bits per heavy atom. The maximum atomic E-state index is 13.2. The van der Waals surface area contributed by atoms with Crippen LogP contribution in [-0.4, -0.2) is 62.7 Å². The van der Waals surface area contributed by atoms with E-state index in [0.717, 1.165) is 49.8 Å². The van der Waals surface area contributed by atoms with Crippen molar-refractivity contribution in [2.24, 2.45) is 0 Å². The second-order valence-corrected chi connectivity index (χ2v) is 8.91. The number of imide groups is 1. The molecule has 2 fully saturated rings. The molecule has 2 heterocycles. The molecule has 0 unspecified atom stereocenters. The molecule has 0 spiro atoms. The predicted octanol–water partition coefficient (Wildman–Crippen LogP) is 4.11. The van der Waals surface area contributed by atoms with E-state index in [4.69, 9.17) is 9.47 Å². The molecular formula is C27H35N3O4. The number of amides is 2. The number of methoxy groups -OCH3 is 1. The molecule has 0 bridgehead atoms. The van der Waals surface area contributed by atoms with Crippen molar-refractivity contribution >= 4 is 23.2 Å². The lowest BCUT2D eigenvalue weighted by Gasteiger charge is -2.38. The highest BCUT2D eigenvalue weighted by atomic mass is 16.5. The van der Waals surface area contributed by atoms with E-state index >= 15 is 0 Å². The number of carbonyl (C=O) groups is 2. The van der Waals surface area contributed by atoms with Gasteiger partial charge in [0.05, 0.1) is 31.9 Å². The van der Waals surface area contributed by atoms with Gasteiger partial charge in [0.2, 0.25) is 5.91 Å². The van der Waals surface area contributed by atoms with Gasteiger partial charge in [-0.05, 0) is 55.0 Å². The van der Waals surface area contributed by atoms with E-state index in [1.165, 1.54) is 24.2 Å². The van der Waals surface area contributed by atoms with Crippen molar-refractivity contribution in [3.8, 4) is 11.5 Å². The third-order valence-electron chi connectivity index (χ3n) is 6.68. The molecule has 0 aromatic heterocycles. The normalized spacial score (nSPS) is 19.1. The lowest BCUT2D eigenvalue weighted by molar-refractivity contribution is -0.123. The van der Waals surface area contributed by atoms with Crippen LogP contribution in [0.3, 0.4) is 0 Å². The Balaban J connectivity index is 1.31. The first-order chi connectivity index (χ1) is 16.6. The Bertz CT molecular complexity index is 953. The van der Waals surface area contributed by atoms with Gasteiger partial charge in [0.1, 0.15) is 11.5 Å². The van der Waals surface area contributed by atoms with Crippen molar-refractivity contribution in [3.63, 3.8) is 0 Å². The third-order valence-corrected chi connectivity index (χ3v) is 6.68. The zero-order valence-electron chi connectivity index (χ0n) is 20.2. The first kappa shape index (κ1) is 24.1. The van der Waals surface area contributed by atoms with Gasteiger partial charge in [-0.25, -0.2) is 4.90 Å². The van der Waals surface area contributed by atoms with Gasteiger partial charge < -0.3 is 14.4 Å². The summed E-state index contributed by atoms with van der Waals surface area (Å²) in [6.45, 7) is 5.99. The highest BCUT2D eigenvalue weighted by Crippen LogP contribution is 2.29. The van der Waals surface area contributed by atoms with Crippen LogP contribution in [0.5, 0.6) is 11.5 Å². The fraction of sp³-hybridized carbons (Fsp3) is 0.481. The molecule has 7 heteroatoms. The van der Waals surface area contributed by atoms with Crippen LogP contribution in [0, 0.1) is 0 Å². The smallest absolute Gasteiger partial charge is 0.251 e. The average molecular weight is 466 g/mol. The largest absolute Gasteiger partial charge is 0.497 e. The second kappa shape index (κ2) is 11.4. The molecule has 182 valence electrons. The molecule has 2 aliphatic heterocycles. The minimum absolute atomic E-state index is 0.129. The molecule has 2 aromatic carbocycles. The van der Waals surface area contributed by atoms with E-state index in [1.54, 1.807) is 19.2 Å². The summed E-state index contributed by atoms with van der Waals surface area (Å²) < 4.78 is 11.0. The number of hydrogen-bond acceptors (Lipinski definition) is 6. The molecule has 1 atom stereocenters. The first-order valence-electron chi connectivity index (χ1n) is 12.3. The maximum absolute atomic E-state index is 13.2. The lowest BCUT2D eigenvalue weighted by atomic mass is 10.1. The fourth-order valence-electron chi connectivity index (χ4n) is 4.67. The molecule has 4 rings (SSSR count). The first-order valence-corrected chi connectivity index (χ1v) is 12.3. The van der Waals surface area contributed by atoms with Gasteiger partial charge in [0.25, 0.3) is 5.91 Å². The SMILES string of the molecule is CCCCCCOc1ccc(N2C(=O)C[C@@H](N3CCN(c4ccc(OC)cc4)CC3)C2=O)cc1. The number of unbranched alkanes of at least 4 members (excludes halogenated alkanes) is 3. The zero-order chi connectivity index (χ0) is 23.9. The Morgan fingerprint density at radius 3 is 2.12 bits per heavy atom. The van der Waals surface area contributed by atoms with Gasteiger partial charge in [0, 0.05) is 31.9 Å². The quantitative estimate of drug-likeness (QED) is 0.389. The standard InChI is InChI=1S/C27H35N3O4/c1-3-4-5-6-19-34-24-13-9-22(10-14-24)30-26(31)20-25(27(30)32)29-17-15-28(16-18-29)21-7-11-23(33-2)12-8-21/h7-14,25H,3-6,15-20H2,1-2H3/t25-/m1/s1. The second-order valence-electron chi connectivity index (χ2n) is 8.91. The van der Waals surface area contributed by atoms with E-state index in [1.807, 2.05) is 24.3 Å². The summed E-state index contributed by atoms with van der Waals surface area (Å²) in [5.41, 5.74) is 1.76. The van der Waals surface area contributed by atoms with Crippen LogP contribution >= 0.6 is 0 Å². The van der Waals surface area contributed by atoms with Crippen LogP contribution in [0.15, 0.2) is 48.5 Å². The van der Waals surface area contributed by atoms with Crippen LogP contribution in [0.25, 0.3) is 0 Å². The monoisotopic (exact) mass is 465 g/mol. The predicted molar refractivity (Wildman–Crippen MR) is 134 cm³/mol. The fourth-order valence-corrected chi connectivity index (χ4v) is 4.67. The summed E-state index contributed by atoms with van der Waals surface area (Å²) in [6, 6.07) is 14.9. The van der Waals surface area contributed by atoms with Crippen LogP contribution < -0.4 is 19.3 Å². The molecule has 0 saturated carbocycles. The summed E-state index contributed by atoms with van der Waals surface area (Å²) in [5, 5.41) is 0. The van der Waals surface area contributed by atoms with Crippen LogP contribution in [0.1, 0.15) is 39.0 Å². The van der Waals surface area contributed by atoms with E-state index in [0.29, 0.717) is 12.3 Å². The Morgan fingerprint density at radius 1 is 0.824 bits per heavy atom. The molecule has 2 aliphatic rings. The van der Waals surface area contributed by atoms with Crippen molar-refractivity contribution in [2.45, 2.75) is 45.1 Å². The molecule has 0 N–H and O–H groups in total. The van der Waals surface area contributed by atoms with Gasteiger partial charge in [-0.15, -0.1) is 0 Å². The molecule has 2 saturated heterocycles. The van der Waals surface area contributed by atoms with Gasteiger partial charge in [-0.1, -0.05) is 26.2 Å². The van der Waals surface area contributed by atoms with Gasteiger partial charge in [-0.2, -0.15) is 0 Å². The van der Waals surface area contributed by atoms with E-state index in [2.05, 4.69) is 28.9 Å². The summed E-state index contributed by atoms with van der Waals surface area (Å²) >= 11 is 0. The van der Waals surface area contributed by atoms with Crippen molar-refractivity contribution in [3.05, 3.63) is 48.5 Å². The number of carbonyl (C=O) groups excluding carboxylic acids is 2. The van der Waals surface area contributed by atoms with Gasteiger partial charge in [-0.3, -0.25) is 14.5 Å². The Kier molecular flexibility index (Phi) is 8.06. The van der Waals surface area contributed by atoms with Gasteiger partial charge in [0.15, 0.2) is 0 Å². The summed E-state index contributed by atoms with van der Waals surface area (Å²) in [6.07, 6.45) is 4.86. The average Bonchev–Trinajstić information content (AvgIpc) is 3.18. The van der Waals surface area contributed by atoms with Crippen molar-refractivity contribution in [1.82, 2.24) is 4.90 Å². The number of piperazine rings is 1. The topological polar surface area (TPSA) is 62.3 Å². The number of hydrogen-bond donors (Lipinski definition) is 0. The molecule has 34 heavy (non-hydrogen) atoms. The number of benzene rings is 2. The van der Waals surface area contributed by atoms with Crippen LogP contribution in [-0.2, 0) is 9.59 Å². The lowest BCUT2D eigenvalue weighted by Crippen LogP contribution is -2.52. The highest BCUT2D eigenvalue weighted by molar-refractivity contribution is 6.22. The molecule has 2 aromatic rings. The van der Waals surface area contributed by atoms with Crippen molar-refractivity contribution in [2.75, 3.05) is 49.7 Å². The van der Waals surface area contributed by atoms with Crippen molar-refractivity contribution < 1.29 is 19.1 Å².